The van der Waals surface area contributed by atoms with E-state index in [2.05, 4.69) is 16.9 Å². The van der Waals surface area contributed by atoms with E-state index < -0.39 is 11.7 Å². The Morgan fingerprint density at radius 3 is 2.57 bits per heavy atom. The minimum atomic E-state index is -4.42. The molecule has 126 valence electrons. The van der Waals surface area contributed by atoms with Gasteiger partial charge in [0.2, 0.25) is 0 Å². The highest BCUT2D eigenvalue weighted by Gasteiger charge is 2.34. The van der Waals surface area contributed by atoms with Crippen LogP contribution < -0.4 is 15.2 Å². The van der Waals surface area contributed by atoms with Gasteiger partial charge in [-0.1, -0.05) is 17.7 Å². The summed E-state index contributed by atoms with van der Waals surface area (Å²) in [6.45, 7) is 6.75. The van der Waals surface area contributed by atoms with Crippen LogP contribution in [0, 0.1) is 0 Å². The lowest BCUT2D eigenvalue weighted by atomic mass is 10.2. The molecule has 0 radical (unpaired) electrons. The minimum Gasteiger partial charge on any atom is -0.359 e. The molecule has 0 aromatic carbocycles. The lowest BCUT2D eigenvalue weighted by Crippen LogP contribution is -2.52. The van der Waals surface area contributed by atoms with Gasteiger partial charge in [0.25, 0.3) is 5.82 Å². The number of hydrogen-bond acceptors (Lipinski definition) is 2. The van der Waals surface area contributed by atoms with Crippen molar-refractivity contribution in [3.8, 4) is 0 Å². The van der Waals surface area contributed by atoms with Crippen LogP contribution in [0.15, 0.2) is 24.9 Å². The van der Waals surface area contributed by atoms with Gasteiger partial charge in [0.1, 0.15) is 24.3 Å². The molecule has 2 N–H and O–H groups in total. The van der Waals surface area contributed by atoms with E-state index >= 15 is 0 Å². The van der Waals surface area contributed by atoms with Gasteiger partial charge < -0.3 is 10.2 Å². The molecule has 2 rings (SSSR count). The maximum Gasteiger partial charge on any atom is 0.419 e. The first-order chi connectivity index (χ1) is 10.8. The summed E-state index contributed by atoms with van der Waals surface area (Å²) >= 11 is 11.3. The molecule has 0 bridgehead atoms. The fourth-order valence-corrected chi connectivity index (χ4v) is 2.83. The number of nitrogens with one attached hydrogen (secondary N) is 2. The molecule has 1 aliphatic rings. The molecule has 23 heavy (non-hydrogen) atoms. The second-order valence-corrected chi connectivity index (χ2v) is 5.83. The van der Waals surface area contributed by atoms with Crippen LogP contribution in [0.1, 0.15) is 5.56 Å². The normalized spacial score (nSPS) is 15.5. The molecule has 1 fully saturated rings. The number of halogens is 4. The van der Waals surface area contributed by atoms with E-state index in [4.69, 9.17) is 23.8 Å². The molecule has 0 spiro atoms. The van der Waals surface area contributed by atoms with Crippen molar-refractivity contribution < 1.29 is 18.2 Å². The van der Waals surface area contributed by atoms with Gasteiger partial charge in [0.05, 0.1) is 18.7 Å². The van der Waals surface area contributed by atoms with Crippen molar-refractivity contribution in [3.05, 3.63) is 35.5 Å². The number of pyridine rings is 1. The van der Waals surface area contributed by atoms with Gasteiger partial charge in [-0.15, -0.1) is 6.58 Å². The molecule has 0 saturated carbocycles. The molecular weight excluding hydrogens is 349 g/mol. The third-order valence-corrected chi connectivity index (χ3v) is 4.17. The highest BCUT2D eigenvalue weighted by Crippen LogP contribution is 2.32. The molecule has 1 aromatic heterocycles. The number of anilines is 1. The van der Waals surface area contributed by atoms with Gasteiger partial charge in [0.15, 0.2) is 5.11 Å². The fraction of sp³-hybridized carbons (Fsp3) is 0.429. The largest absolute Gasteiger partial charge is 0.419 e. The van der Waals surface area contributed by atoms with Crippen LogP contribution in [-0.2, 0) is 6.18 Å². The molecule has 0 aliphatic carbocycles. The lowest BCUT2D eigenvalue weighted by molar-refractivity contribution is -0.367. The van der Waals surface area contributed by atoms with Crippen molar-refractivity contribution in [2.24, 2.45) is 0 Å². The summed E-state index contributed by atoms with van der Waals surface area (Å²) in [6, 6.07) is 0.941. The SMILES string of the molecule is C=CCNC(=S)N1CCN(c2[nH+]cc(C(F)(F)F)cc2Cl)CC1. The maximum atomic E-state index is 12.7. The molecule has 2 heterocycles. The summed E-state index contributed by atoms with van der Waals surface area (Å²) < 4.78 is 38.0. The summed E-state index contributed by atoms with van der Waals surface area (Å²) in [7, 11) is 0. The van der Waals surface area contributed by atoms with Gasteiger partial charge >= 0.3 is 6.18 Å². The van der Waals surface area contributed by atoms with Crippen LogP contribution in [0.2, 0.25) is 5.02 Å². The smallest absolute Gasteiger partial charge is 0.359 e. The second kappa shape index (κ2) is 7.35. The van der Waals surface area contributed by atoms with Gasteiger partial charge in [-0.05, 0) is 18.3 Å². The van der Waals surface area contributed by atoms with Crippen LogP contribution in [0.3, 0.4) is 0 Å². The van der Waals surface area contributed by atoms with Crippen LogP contribution >= 0.6 is 23.8 Å². The average Bonchev–Trinajstić information content (AvgIpc) is 2.52. The number of thiocarbonyl (C=S) groups is 1. The van der Waals surface area contributed by atoms with E-state index in [1.165, 1.54) is 0 Å². The van der Waals surface area contributed by atoms with Crippen LogP contribution in [0.25, 0.3) is 0 Å². The van der Waals surface area contributed by atoms with Crippen molar-refractivity contribution in [1.82, 2.24) is 10.2 Å². The number of hydrogen-bond donors (Lipinski definition) is 1. The number of H-pyrrole nitrogens is 1. The third-order valence-electron chi connectivity index (χ3n) is 3.48. The first-order valence-corrected chi connectivity index (χ1v) is 7.78. The number of aromatic amines is 1. The minimum absolute atomic E-state index is 0.0561. The van der Waals surface area contributed by atoms with E-state index in [0.29, 0.717) is 43.7 Å². The molecule has 1 saturated heterocycles. The maximum absolute atomic E-state index is 12.7. The van der Waals surface area contributed by atoms with Gasteiger partial charge in [0, 0.05) is 6.54 Å². The molecular formula is C14H17ClF3N4S+. The van der Waals surface area contributed by atoms with E-state index in [9.17, 15) is 13.2 Å². The third kappa shape index (κ3) is 4.48. The zero-order chi connectivity index (χ0) is 17.0. The van der Waals surface area contributed by atoms with Crippen molar-refractivity contribution >= 4 is 34.7 Å². The van der Waals surface area contributed by atoms with Crippen molar-refractivity contribution in [3.63, 3.8) is 0 Å². The Hall–Kier alpha value is -1.54. The van der Waals surface area contributed by atoms with Crippen LogP contribution in [0.5, 0.6) is 0 Å². The van der Waals surface area contributed by atoms with E-state index in [1.54, 1.807) is 6.08 Å². The zero-order valence-electron chi connectivity index (χ0n) is 12.3. The van der Waals surface area contributed by atoms with E-state index in [0.717, 1.165) is 12.3 Å². The predicted octanol–water partition coefficient (Wildman–Crippen LogP) is 2.36. The second-order valence-electron chi connectivity index (χ2n) is 5.03. The fourth-order valence-electron chi connectivity index (χ4n) is 2.27. The summed E-state index contributed by atoms with van der Waals surface area (Å²) in [5.41, 5.74) is -0.792. The number of alkyl halides is 3. The predicted molar refractivity (Wildman–Crippen MR) is 87.6 cm³/mol. The standard InChI is InChI=1S/C14H16ClF3N4S/c1-2-3-19-13(23)22-6-4-21(5-7-22)12-11(15)8-10(9-20-12)14(16,17)18/h2,8-9H,1,3-7H2,(H,19,23)/p+1. The van der Waals surface area contributed by atoms with Gasteiger partial charge in [-0.3, -0.25) is 4.90 Å². The summed E-state index contributed by atoms with van der Waals surface area (Å²) in [5, 5.41) is 3.76. The van der Waals surface area contributed by atoms with Crippen LogP contribution in [0.4, 0.5) is 19.0 Å². The summed E-state index contributed by atoms with van der Waals surface area (Å²) in [5.74, 6) is 0.490. The zero-order valence-corrected chi connectivity index (χ0v) is 13.9. The Morgan fingerprint density at radius 2 is 2.04 bits per heavy atom. The average molecular weight is 366 g/mol. The molecule has 4 nitrogen and oxygen atoms in total. The molecule has 0 amide bonds. The van der Waals surface area contributed by atoms with Crippen molar-refractivity contribution in [1.29, 1.82) is 0 Å². The molecule has 1 aromatic rings. The first-order valence-electron chi connectivity index (χ1n) is 7.00. The molecule has 9 heteroatoms. The Morgan fingerprint density at radius 1 is 1.39 bits per heavy atom. The number of piperazine rings is 1. The molecule has 0 atom stereocenters. The number of nitrogens with zero attached hydrogens (tertiary/aromatic N) is 2. The van der Waals surface area contributed by atoms with Crippen molar-refractivity contribution in [2.45, 2.75) is 6.18 Å². The molecule has 0 unspecified atom stereocenters. The van der Waals surface area contributed by atoms with Gasteiger partial charge in [-0.25, -0.2) is 4.98 Å². The number of aromatic nitrogens is 1. The Bertz CT molecular complexity index is 586. The quantitative estimate of drug-likeness (QED) is 0.658. The van der Waals surface area contributed by atoms with Gasteiger partial charge in [-0.2, -0.15) is 13.2 Å². The Kier molecular flexibility index (Phi) is 5.69. The summed E-state index contributed by atoms with van der Waals surface area (Å²) in [6.07, 6.45) is -1.76. The topological polar surface area (TPSA) is 32.6 Å². The number of rotatable bonds is 3. The van der Waals surface area contributed by atoms with E-state index in [-0.39, 0.29) is 5.02 Å². The lowest BCUT2D eigenvalue weighted by Gasteiger charge is -2.32. The highest BCUT2D eigenvalue weighted by molar-refractivity contribution is 7.80. The van der Waals surface area contributed by atoms with Crippen molar-refractivity contribution in [2.75, 3.05) is 37.6 Å². The molecule has 1 aliphatic heterocycles. The summed E-state index contributed by atoms with van der Waals surface area (Å²) in [4.78, 5) is 6.57. The Balaban J connectivity index is 2.00. The highest BCUT2D eigenvalue weighted by atomic mass is 35.5. The Labute approximate surface area is 142 Å². The van der Waals surface area contributed by atoms with Crippen LogP contribution in [-0.4, -0.2) is 42.7 Å². The first kappa shape index (κ1) is 17.8. The van der Waals surface area contributed by atoms with E-state index in [1.807, 2.05) is 9.80 Å². The monoisotopic (exact) mass is 365 g/mol.